The number of hydrogen-bond acceptors (Lipinski definition) is 5. The Balaban J connectivity index is 1.97. The van der Waals surface area contributed by atoms with Gasteiger partial charge in [0.1, 0.15) is 11.6 Å². The molecule has 0 radical (unpaired) electrons. The summed E-state index contributed by atoms with van der Waals surface area (Å²) in [4.78, 5) is 46.0. The minimum atomic E-state index is -1.77. The van der Waals surface area contributed by atoms with Crippen molar-refractivity contribution in [2.45, 2.75) is 31.7 Å². The number of benzene rings is 2. The second-order valence-corrected chi connectivity index (χ2v) is 9.21. The van der Waals surface area contributed by atoms with Gasteiger partial charge < -0.3 is 19.8 Å². The number of amides is 2. The summed E-state index contributed by atoms with van der Waals surface area (Å²) in [7, 11) is 3.81. The maximum absolute atomic E-state index is 14.3. The molecule has 184 valence electrons. The fourth-order valence-corrected chi connectivity index (χ4v) is 5.00. The summed E-state index contributed by atoms with van der Waals surface area (Å²) in [5.74, 6) is -3.17. The first-order valence-corrected chi connectivity index (χ1v) is 11.9. The molecule has 1 unspecified atom stereocenters. The van der Waals surface area contributed by atoms with Crippen LogP contribution >= 0.6 is 0 Å². The van der Waals surface area contributed by atoms with E-state index in [0.29, 0.717) is 30.8 Å². The first-order valence-electron chi connectivity index (χ1n) is 11.9. The smallest absolute Gasteiger partial charge is 0.296 e. The Morgan fingerprint density at radius 3 is 2.34 bits per heavy atom. The normalized spacial score (nSPS) is 21.0. The zero-order valence-corrected chi connectivity index (χ0v) is 20.3. The van der Waals surface area contributed by atoms with Gasteiger partial charge in [-0.1, -0.05) is 31.5 Å². The van der Waals surface area contributed by atoms with E-state index in [1.165, 1.54) is 17.0 Å². The Morgan fingerprint density at radius 2 is 1.69 bits per heavy atom. The van der Waals surface area contributed by atoms with E-state index in [-0.39, 0.29) is 17.7 Å². The number of carbonyl (C=O) groups is 3. The SMILES string of the molecule is CCCCN1C(=O)C2(C(=C(O)c3ccc(F)cc3)C(=O)C(=O)N2CCCN(C)C)c2ccccc21. The third-order valence-electron chi connectivity index (χ3n) is 6.65. The number of rotatable bonds is 8. The number of likely N-dealkylation sites (tertiary alicyclic amines) is 1. The molecule has 2 aliphatic heterocycles. The van der Waals surface area contributed by atoms with Gasteiger partial charge in [0.15, 0.2) is 5.54 Å². The van der Waals surface area contributed by atoms with Crippen LogP contribution in [0, 0.1) is 5.82 Å². The summed E-state index contributed by atoms with van der Waals surface area (Å²) < 4.78 is 13.6. The number of fused-ring (bicyclic) bond motifs is 2. The number of carbonyl (C=O) groups excluding carboxylic acids is 3. The second kappa shape index (κ2) is 9.62. The van der Waals surface area contributed by atoms with E-state index in [0.717, 1.165) is 25.0 Å². The van der Waals surface area contributed by atoms with Crippen molar-refractivity contribution in [2.24, 2.45) is 0 Å². The van der Waals surface area contributed by atoms with Crippen LogP contribution < -0.4 is 4.90 Å². The standard InChI is InChI=1S/C27H30FN3O4/c1-4-5-16-30-21-10-7-6-9-20(21)27(26(30)35)22(23(32)18-11-13-19(28)14-12-18)24(33)25(34)31(27)17-8-15-29(2)3/h6-7,9-14,32H,4-5,8,15-17H2,1-3H3. The molecule has 2 aliphatic rings. The van der Waals surface area contributed by atoms with Crippen LogP contribution in [0.5, 0.6) is 0 Å². The van der Waals surface area contributed by atoms with E-state index in [2.05, 4.69) is 0 Å². The lowest BCUT2D eigenvalue weighted by Crippen LogP contribution is -2.52. The number of unbranched alkanes of at least 4 members (excludes halogenated alkanes) is 1. The number of Topliss-reactive ketones (excluding diaryl/α,β-unsaturated/α-hetero) is 1. The summed E-state index contributed by atoms with van der Waals surface area (Å²) >= 11 is 0. The van der Waals surface area contributed by atoms with Crippen LogP contribution in [0.2, 0.25) is 0 Å². The third-order valence-corrected chi connectivity index (χ3v) is 6.65. The van der Waals surface area contributed by atoms with Gasteiger partial charge in [0.25, 0.3) is 17.6 Å². The lowest BCUT2D eigenvalue weighted by Gasteiger charge is -2.34. The third kappa shape index (κ3) is 3.91. The molecule has 1 saturated heterocycles. The van der Waals surface area contributed by atoms with Crippen LogP contribution in [-0.2, 0) is 19.9 Å². The highest BCUT2D eigenvalue weighted by Crippen LogP contribution is 2.53. The van der Waals surface area contributed by atoms with Crippen molar-refractivity contribution in [3.63, 3.8) is 0 Å². The van der Waals surface area contributed by atoms with Crippen molar-refractivity contribution in [1.82, 2.24) is 9.80 Å². The van der Waals surface area contributed by atoms with E-state index in [9.17, 15) is 23.9 Å². The van der Waals surface area contributed by atoms with E-state index in [1.807, 2.05) is 32.0 Å². The van der Waals surface area contributed by atoms with E-state index >= 15 is 0 Å². The second-order valence-electron chi connectivity index (χ2n) is 9.21. The molecule has 0 bridgehead atoms. The van der Waals surface area contributed by atoms with Gasteiger partial charge in [-0.3, -0.25) is 14.4 Å². The van der Waals surface area contributed by atoms with Crippen LogP contribution in [0.4, 0.5) is 10.1 Å². The van der Waals surface area contributed by atoms with Gasteiger partial charge in [0, 0.05) is 24.2 Å². The number of hydrogen-bond donors (Lipinski definition) is 1. The minimum Gasteiger partial charge on any atom is -0.507 e. The lowest BCUT2D eigenvalue weighted by molar-refractivity contribution is -0.143. The van der Waals surface area contributed by atoms with Gasteiger partial charge in [0.2, 0.25) is 0 Å². The fraction of sp³-hybridized carbons (Fsp3) is 0.370. The molecule has 8 heteroatoms. The quantitative estimate of drug-likeness (QED) is 0.356. The Bertz CT molecular complexity index is 1190. The zero-order chi connectivity index (χ0) is 25.3. The molecule has 1 fully saturated rings. The molecule has 35 heavy (non-hydrogen) atoms. The first kappa shape index (κ1) is 24.6. The maximum atomic E-state index is 14.3. The van der Waals surface area contributed by atoms with Crippen LogP contribution in [0.25, 0.3) is 5.76 Å². The van der Waals surface area contributed by atoms with Crippen LogP contribution in [0.3, 0.4) is 0 Å². The van der Waals surface area contributed by atoms with Crippen molar-refractivity contribution in [2.75, 3.05) is 38.6 Å². The molecule has 1 N–H and O–H groups in total. The summed E-state index contributed by atoms with van der Waals surface area (Å²) in [5, 5.41) is 11.3. The maximum Gasteiger partial charge on any atom is 0.296 e. The van der Waals surface area contributed by atoms with Crippen LogP contribution in [-0.4, -0.2) is 66.2 Å². The molecule has 0 saturated carbocycles. The van der Waals surface area contributed by atoms with Gasteiger partial charge in [-0.2, -0.15) is 0 Å². The number of ketones is 1. The molecule has 2 aromatic carbocycles. The van der Waals surface area contributed by atoms with Crippen molar-refractivity contribution >= 4 is 29.0 Å². The number of aliphatic hydroxyl groups excluding tert-OH is 1. The topological polar surface area (TPSA) is 81.2 Å². The monoisotopic (exact) mass is 479 g/mol. The molecule has 2 amide bonds. The molecule has 0 aliphatic carbocycles. The Morgan fingerprint density at radius 1 is 1.00 bits per heavy atom. The molecular weight excluding hydrogens is 449 g/mol. The Labute approximate surface area is 204 Å². The summed E-state index contributed by atoms with van der Waals surface area (Å²) in [6.07, 6.45) is 2.12. The molecule has 1 spiro atoms. The molecule has 2 heterocycles. The van der Waals surface area contributed by atoms with Crippen molar-refractivity contribution in [3.8, 4) is 0 Å². The number of anilines is 1. The lowest BCUT2D eigenvalue weighted by atomic mass is 9.82. The summed E-state index contributed by atoms with van der Waals surface area (Å²) in [5.41, 5.74) is -0.766. The molecule has 2 aromatic rings. The van der Waals surface area contributed by atoms with Crippen LogP contribution in [0.1, 0.15) is 37.3 Å². The van der Waals surface area contributed by atoms with Gasteiger partial charge >= 0.3 is 0 Å². The highest BCUT2D eigenvalue weighted by molar-refractivity contribution is 6.50. The highest BCUT2D eigenvalue weighted by Gasteiger charge is 2.66. The first-order chi connectivity index (χ1) is 16.7. The fourth-order valence-electron chi connectivity index (χ4n) is 5.00. The molecule has 7 nitrogen and oxygen atoms in total. The predicted octanol–water partition coefficient (Wildman–Crippen LogP) is 3.50. The van der Waals surface area contributed by atoms with Gasteiger partial charge in [-0.15, -0.1) is 0 Å². The minimum absolute atomic E-state index is 0.157. The van der Waals surface area contributed by atoms with Gasteiger partial charge in [-0.05, 0) is 63.8 Å². The van der Waals surface area contributed by atoms with E-state index < -0.39 is 34.7 Å². The Kier molecular flexibility index (Phi) is 6.76. The highest BCUT2D eigenvalue weighted by atomic mass is 19.1. The van der Waals surface area contributed by atoms with Gasteiger partial charge in [-0.25, -0.2) is 4.39 Å². The predicted molar refractivity (Wildman–Crippen MR) is 131 cm³/mol. The molecule has 0 aromatic heterocycles. The molecular formula is C27H30FN3O4. The van der Waals surface area contributed by atoms with E-state index in [4.69, 9.17) is 0 Å². The average Bonchev–Trinajstić information content (AvgIpc) is 3.21. The molecule has 1 atom stereocenters. The number of aliphatic hydroxyl groups is 1. The van der Waals surface area contributed by atoms with Crippen molar-refractivity contribution < 1.29 is 23.9 Å². The summed E-state index contributed by atoms with van der Waals surface area (Å²) in [6, 6.07) is 12.1. The zero-order valence-electron chi connectivity index (χ0n) is 20.3. The van der Waals surface area contributed by atoms with Crippen LogP contribution in [0.15, 0.2) is 54.1 Å². The Hall–Kier alpha value is -3.52. The van der Waals surface area contributed by atoms with Crippen molar-refractivity contribution in [1.29, 1.82) is 0 Å². The number of para-hydroxylation sites is 1. The molecule has 4 rings (SSSR count). The largest absolute Gasteiger partial charge is 0.507 e. The summed E-state index contributed by atoms with van der Waals surface area (Å²) in [6.45, 7) is 3.24. The number of halogens is 1. The number of nitrogens with zero attached hydrogens (tertiary/aromatic N) is 3. The van der Waals surface area contributed by atoms with E-state index in [1.54, 1.807) is 23.1 Å². The average molecular weight is 480 g/mol. The van der Waals surface area contributed by atoms with Crippen molar-refractivity contribution in [3.05, 3.63) is 71.0 Å². The van der Waals surface area contributed by atoms with Gasteiger partial charge in [0.05, 0.1) is 11.3 Å².